The molecule has 0 aromatic heterocycles. The minimum absolute atomic E-state index is 0.691. The van der Waals surface area contributed by atoms with E-state index in [1.54, 1.807) is 0 Å². The third kappa shape index (κ3) is 2.73. The van der Waals surface area contributed by atoms with E-state index in [-0.39, 0.29) is 0 Å². The molecule has 1 atom stereocenters. The lowest BCUT2D eigenvalue weighted by Gasteiger charge is -2.34. The second kappa shape index (κ2) is 4.00. The summed E-state index contributed by atoms with van der Waals surface area (Å²) in [6.45, 7) is 2.26. The first-order valence-electron chi connectivity index (χ1n) is 4.06. The summed E-state index contributed by atoms with van der Waals surface area (Å²) in [5, 5.41) is 0. The van der Waals surface area contributed by atoms with Gasteiger partial charge in [0, 0.05) is 19.1 Å². The van der Waals surface area contributed by atoms with Gasteiger partial charge in [-0.2, -0.15) is 0 Å². The van der Waals surface area contributed by atoms with E-state index in [2.05, 4.69) is 52.9 Å². The molecule has 0 aromatic rings. The van der Waals surface area contributed by atoms with Gasteiger partial charge in [0.05, 0.1) is 0 Å². The molecule has 1 aliphatic heterocycles. The fraction of sp³-hybridized carbons (Fsp3) is 1.00. The summed E-state index contributed by atoms with van der Waals surface area (Å²) in [5.41, 5.74) is 0. The van der Waals surface area contributed by atoms with E-state index < -0.39 is 8.28 Å². The molecule has 0 spiro atoms. The number of hydrogen-bond acceptors (Lipinski definition) is 4. The Labute approximate surface area is 86.7 Å². The molecule has 1 rings (SSSR count). The minimum Gasteiger partial charge on any atom is -0.305 e. The van der Waals surface area contributed by atoms with Gasteiger partial charge in [0.25, 0.3) is 0 Å². The molecule has 1 heterocycles. The standard InChI is InChI=1S/C7H18N2S3/c1-8(2)7-4-5-9(6-7)12(3,10)11/h7,10-11H,4-6H2,1-3H3. The van der Waals surface area contributed by atoms with Crippen LogP contribution in [0.5, 0.6) is 0 Å². The Morgan fingerprint density at radius 3 is 2.25 bits per heavy atom. The van der Waals surface area contributed by atoms with Crippen molar-refractivity contribution in [1.29, 1.82) is 0 Å². The molecule has 1 unspecified atom stereocenters. The molecule has 0 radical (unpaired) electrons. The third-order valence-corrected chi connectivity index (χ3v) is 5.04. The zero-order chi connectivity index (χ0) is 9.35. The van der Waals surface area contributed by atoms with Gasteiger partial charge in [-0.3, -0.25) is 4.31 Å². The Kier molecular flexibility index (Phi) is 3.69. The molecule has 0 N–H and O–H groups in total. The van der Waals surface area contributed by atoms with Crippen LogP contribution >= 0.6 is 31.6 Å². The van der Waals surface area contributed by atoms with Gasteiger partial charge in [-0.15, -0.1) is 23.3 Å². The number of likely N-dealkylation sites (N-methyl/N-ethyl adjacent to an activating group) is 1. The van der Waals surface area contributed by atoms with Crippen molar-refractivity contribution in [3.63, 3.8) is 0 Å². The van der Waals surface area contributed by atoms with Crippen molar-refractivity contribution >= 4 is 31.6 Å². The van der Waals surface area contributed by atoms with Gasteiger partial charge < -0.3 is 4.90 Å². The highest BCUT2D eigenvalue weighted by atomic mass is 33.5. The molecule has 5 heteroatoms. The van der Waals surface area contributed by atoms with Crippen molar-refractivity contribution in [3.8, 4) is 0 Å². The maximum atomic E-state index is 4.51. The van der Waals surface area contributed by atoms with Gasteiger partial charge in [-0.1, -0.05) is 8.28 Å². The third-order valence-electron chi connectivity index (χ3n) is 2.35. The molecular weight excluding hydrogens is 208 g/mol. The van der Waals surface area contributed by atoms with Crippen LogP contribution in [0.4, 0.5) is 0 Å². The molecular formula is C7H18N2S3. The van der Waals surface area contributed by atoms with Crippen LogP contribution in [-0.2, 0) is 0 Å². The first-order chi connectivity index (χ1) is 5.41. The summed E-state index contributed by atoms with van der Waals surface area (Å²) >= 11 is 9.03. The van der Waals surface area contributed by atoms with E-state index >= 15 is 0 Å². The first kappa shape index (κ1) is 11.0. The molecule has 0 aliphatic carbocycles. The molecule has 0 aromatic carbocycles. The van der Waals surface area contributed by atoms with Gasteiger partial charge in [-0.05, 0) is 26.8 Å². The molecule has 0 amide bonds. The summed E-state index contributed by atoms with van der Waals surface area (Å²) < 4.78 is 2.38. The van der Waals surface area contributed by atoms with Crippen molar-refractivity contribution < 1.29 is 0 Å². The lowest BCUT2D eigenvalue weighted by atomic mass is 10.2. The van der Waals surface area contributed by atoms with E-state index in [1.807, 2.05) is 0 Å². The van der Waals surface area contributed by atoms with Crippen molar-refractivity contribution in [1.82, 2.24) is 9.21 Å². The summed E-state index contributed by atoms with van der Waals surface area (Å²) in [7, 11) is 3.20. The van der Waals surface area contributed by atoms with E-state index in [0.29, 0.717) is 6.04 Å². The summed E-state index contributed by atoms with van der Waals surface area (Å²) in [4.78, 5) is 2.28. The van der Waals surface area contributed by atoms with Crippen LogP contribution in [0.1, 0.15) is 6.42 Å². The Hall–Kier alpha value is 0.970. The van der Waals surface area contributed by atoms with Gasteiger partial charge in [0.15, 0.2) is 0 Å². The first-order valence-corrected chi connectivity index (χ1v) is 8.16. The second-order valence-electron chi connectivity index (χ2n) is 3.59. The Bertz CT molecular complexity index is 155. The lowest BCUT2D eigenvalue weighted by Crippen LogP contribution is -2.30. The molecule has 0 bridgehead atoms. The molecule has 1 saturated heterocycles. The monoisotopic (exact) mass is 226 g/mol. The number of thiol groups is 2. The smallest absolute Gasteiger partial charge is 0.0245 e. The van der Waals surface area contributed by atoms with E-state index in [9.17, 15) is 0 Å². The van der Waals surface area contributed by atoms with Crippen molar-refractivity contribution in [3.05, 3.63) is 0 Å². The fourth-order valence-electron chi connectivity index (χ4n) is 1.45. The predicted molar refractivity (Wildman–Crippen MR) is 65.2 cm³/mol. The van der Waals surface area contributed by atoms with Gasteiger partial charge in [0.2, 0.25) is 0 Å². The Morgan fingerprint density at radius 1 is 1.42 bits per heavy atom. The lowest BCUT2D eigenvalue weighted by molar-refractivity contribution is 0.305. The summed E-state index contributed by atoms with van der Waals surface area (Å²) in [6, 6.07) is 0.691. The highest BCUT2D eigenvalue weighted by Gasteiger charge is 2.29. The van der Waals surface area contributed by atoms with Crippen LogP contribution in [0.2, 0.25) is 0 Å². The highest BCUT2D eigenvalue weighted by molar-refractivity contribution is 9.16. The zero-order valence-electron chi connectivity index (χ0n) is 7.90. The van der Waals surface area contributed by atoms with E-state index in [4.69, 9.17) is 0 Å². The normalized spacial score (nSPS) is 28.3. The number of rotatable bonds is 2. The zero-order valence-corrected chi connectivity index (χ0v) is 10.5. The SMILES string of the molecule is CN(C)C1CCN(S(C)(S)S)C1. The molecule has 74 valence electrons. The summed E-state index contributed by atoms with van der Waals surface area (Å²) in [6.07, 6.45) is 3.36. The molecule has 12 heavy (non-hydrogen) atoms. The van der Waals surface area contributed by atoms with Crippen molar-refractivity contribution in [2.45, 2.75) is 12.5 Å². The predicted octanol–water partition coefficient (Wildman–Crippen LogP) is 1.66. The van der Waals surface area contributed by atoms with E-state index in [0.717, 1.165) is 13.1 Å². The van der Waals surface area contributed by atoms with Gasteiger partial charge in [0.1, 0.15) is 0 Å². The van der Waals surface area contributed by atoms with E-state index in [1.165, 1.54) is 6.42 Å². The quantitative estimate of drug-likeness (QED) is 0.546. The van der Waals surface area contributed by atoms with Gasteiger partial charge >= 0.3 is 0 Å². The average Bonchev–Trinajstić information content (AvgIpc) is 2.30. The maximum absolute atomic E-state index is 4.51. The Balaban J connectivity index is 2.46. The van der Waals surface area contributed by atoms with Crippen LogP contribution < -0.4 is 0 Å². The molecule has 1 fully saturated rings. The van der Waals surface area contributed by atoms with Crippen LogP contribution in [0.3, 0.4) is 0 Å². The van der Waals surface area contributed by atoms with Crippen LogP contribution in [-0.4, -0.2) is 48.7 Å². The molecule has 2 nitrogen and oxygen atoms in total. The maximum Gasteiger partial charge on any atom is 0.0245 e. The fourth-order valence-corrected chi connectivity index (χ4v) is 3.24. The molecule has 1 aliphatic rings. The minimum atomic E-state index is -1.07. The van der Waals surface area contributed by atoms with Crippen molar-refractivity contribution in [2.24, 2.45) is 0 Å². The Morgan fingerprint density at radius 2 is 2.00 bits per heavy atom. The molecule has 0 saturated carbocycles. The van der Waals surface area contributed by atoms with Crippen LogP contribution in [0, 0.1) is 0 Å². The van der Waals surface area contributed by atoms with Crippen LogP contribution in [0.15, 0.2) is 0 Å². The second-order valence-corrected chi connectivity index (χ2v) is 10.8. The largest absolute Gasteiger partial charge is 0.305 e. The van der Waals surface area contributed by atoms with Gasteiger partial charge in [-0.25, -0.2) is 0 Å². The van der Waals surface area contributed by atoms with Crippen molar-refractivity contribution in [2.75, 3.05) is 33.4 Å². The highest BCUT2D eigenvalue weighted by Crippen LogP contribution is 2.58. The van der Waals surface area contributed by atoms with Crippen LogP contribution in [0.25, 0.3) is 0 Å². The summed E-state index contributed by atoms with van der Waals surface area (Å²) in [5.74, 6) is 0. The number of nitrogens with zero attached hydrogens (tertiary/aromatic N) is 2. The topological polar surface area (TPSA) is 6.48 Å². The average molecular weight is 226 g/mol. The number of hydrogen-bond donors (Lipinski definition) is 2.